The van der Waals surface area contributed by atoms with Crippen LogP contribution < -0.4 is 0 Å². The summed E-state index contributed by atoms with van der Waals surface area (Å²) in [6.45, 7) is 13.6. The highest BCUT2D eigenvalue weighted by Crippen LogP contribution is 2.49. The molecular formula is C50H102O10P2S2. The van der Waals surface area contributed by atoms with Crippen molar-refractivity contribution >= 4 is 51.5 Å². The van der Waals surface area contributed by atoms with E-state index in [4.69, 9.17) is 28.3 Å². The van der Waals surface area contributed by atoms with Gasteiger partial charge in [-0.25, -0.2) is 0 Å². The molecule has 0 bridgehead atoms. The number of hydrogen-bond acceptors (Lipinski definition) is 10. The van der Waals surface area contributed by atoms with E-state index in [0.29, 0.717) is 62.6 Å². The fraction of sp³-hybridized carbons (Fsp3) is 0.920. The van der Waals surface area contributed by atoms with Crippen LogP contribution in [0.2, 0.25) is 0 Å². The van der Waals surface area contributed by atoms with E-state index in [2.05, 4.69) is 38.6 Å². The zero-order valence-corrected chi connectivity index (χ0v) is 45.7. The molecule has 384 valence electrons. The van der Waals surface area contributed by atoms with Gasteiger partial charge >= 0.3 is 27.1 Å². The first-order valence-electron chi connectivity index (χ1n) is 26.0. The molecule has 14 heteroatoms. The van der Waals surface area contributed by atoms with Crippen molar-refractivity contribution in [2.45, 2.75) is 246 Å². The SMILES string of the molecule is CCCCCCCC/C=C\CCCCCCCC(=O)O.CCCCCCCCCC(CCCCCCCC(=O)O)SCCCP(=O)(OCC)OCC.CCOP(=O)(CCCS)OCC. The van der Waals surface area contributed by atoms with Gasteiger partial charge in [-0.3, -0.25) is 18.7 Å². The van der Waals surface area contributed by atoms with Crippen LogP contribution in [-0.2, 0) is 36.8 Å². The number of allylic oxidation sites excluding steroid dienone is 2. The molecule has 0 aromatic heterocycles. The molecule has 10 nitrogen and oxygen atoms in total. The van der Waals surface area contributed by atoms with Crippen molar-refractivity contribution in [3.05, 3.63) is 12.2 Å². The number of rotatable bonds is 47. The lowest BCUT2D eigenvalue weighted by atomic mass is 10.0. The minimum Gasteiger partial charge on any atom is -0.481 e. The number of thiol groups is 1. The van der Waals surface area contributed by atoms with Gasteiger partial charge in [0.2, 0.25) is 0 Å². The standard InChI is InChI=1S/C25H51O5PS.C18H34O2.C7H17O3PS/c1-4-7-8-9-10-12-15-19-24(20-16-13-11-14-17-21-25(26)27)32-23-18-22-31(28,29-5-2)30-6-3;1-2-3-4-5-6-7-8-9-10-11-12-13-14-15-16-17-18(19)20;1-3-9-11(8,10-4-2)6-5-7-12/h24H,4-23H2,1-3H3,(H,26,27);9-10H,2-8,11-17H2,1H3,(H,19,20);12H,3-7H2,1-2H3/b;10-9-;. The Kier molecular flexibility index (Phi) is 56.9. The number of aliphatic carboxylic acids is 2. The Morgan fingerprint density at radius 3 is 1.16 bits per heavy atom. The lowest BCUT2D eigenvalue weighted by molar-refractivity contribution is -0.138. The second-order valence-corrected chi connectivity index (χ2v) is 22.8. The van der Waals surface area contributed by atoms with Crippen LogP contribution in [0.1, 0.15) is 241 Å². The topological polar surface area (TPSA) is 146 Å². The average Bonchev–Trinajstić information content (AvgIpc) is 3.25. The van der Waals surface area contributed by atoms with Crippen LogP contribution >= 0.6 is 39.6 Å². The molecule has 0 aliphatic carbocycles. The van der Waals surface area contributed by atoms with Gasteiger partial charge in [0.05, 0.1) is 38.8 Å². The number of carboxylic acids is 2. The summed E-state index contributed by atoms with van der Waals surface area (Å²) in [6, 6.07) is 0. The van der Waals surface area contributed by atoms with E-state index >= 15 is 0 Å². The summed E-state index contributed by atoms with van der Waals surface area (Å²) in [4.78, 5) is 20.9. The zero-order valence-electron chi connectivity index (χ0n) is 42.2. The van der Waals surface area contributed by atoms with E-state index in [1.165, 1.54) is 141 Å². The third kappa shape index (κ3) is 54.3. The van der Waals surface area contributed by atoms with Gasteiger partial charge in [0.25, 0.3) is 0 Å². The quantitative estimate of drug-likeness (QED) is 0.0232. The maximum absolute atomic E-state index is 12.6. The number of carboxylic acid groups (broad SMARTS) is 2. The Morgan fingerprint density at radius 1 is 0.484 bits per heavy atom. The van der Waals surface area contributed by atoms with Gasteiger partial charge in [-0.2, -0.15) is 24.4 Å². The molecule has 0 rings (SSSR count). The molecule has 64 heavy (non-hydrogen) atoms. The zero-order chi connectivity index (χ0) is 48.3. The fourth-order valence-electron chi connectivity index (χ4n) is 7.06. The van der Waals surface area contributed by atoms with Gasteiger partial charge < -0.3 is 28.3 Å². The van der Waals surface area contributed by atoms with Crippen molar-refractivity contribution in [1.29, 1.82) is 0 Å². The van der Waals surface area contributed by atoms with Crippen molar-refractivity contribution in [1.82, 2.24) is 0 Å². The molecule has 2 N–H and O–H groups in total. The predicted octanol–water partition coefficient (Wildman–Crippen LogP) is 17.4. The highest BCUT2D eigenvalue weighted by Gasteiger charge is 2.23. The first kappa shape index (κ1) is 67.9. The summed E-state index contributed by atoms with van der Waals surface area (Å²) >= 11 is 6.07. The van der Waals surface area contributed by atoms with Crippen LogP contribution in [-0.4, -0.2) is 77.7 Å². The van der Waals surface area contributed by atoms with Crippen molar-refractivity contribution < 1.29 is 47.0 Å². The normalized spacial score (nSPS) is 12.2. The molecule has 0 spiro atoms. The van der Waals surface area contributed by atoms with Crippen molar-refractivity contribution in [2.24, 2.45) is 0 Å². The first-order chi connectivity index (χ1) is 30.9. The molecule has 0 saturated carbocycles. The third-order valence-corrected chi connectivity index (χ3v) is 16.6. The molecule has 0 aliphatic heterocycles. The number of hydrogen-bond donors (Lipinski definition) is 3. The number of thioether (sulfide) groups is 1. The monoisotopic (exact) mass is 989 g/mol. The molecule has 0 heterocycles. The minimum atomic E-state index is -2.92. The van der Waals surface area contributed by atoms with E-state index < -0.39 is 27.1 Å². The Bertz CT molecular complexity index is 1090. The van der Waals surface area contributed by atoms with Gasteiger partial charge in [0, 0.05) is 18.1 Å². The summed E-state index contributed by atoms with van der Waals surface area (Å²) in [6.07, 6.45) is 41.4. The molecule has 1 atom stereocenters. The van der Waals surface area contributed by atoms with Gasteiger partial charge in [-0.05, 0) is 103 Å². The Labute approximate surface area is 405 Å². The summed E-state index contributed by atoms with van der Waals surface area (Å²) in [5.41, 5.74) is 0. The number of unbranched alkanes of at least 4 members (excludes halogenated alkanes) is 21. The molecule has 0 saturated heterocycles. The Hall–Kier alpha value is -0.320. The summed E-state index contributed by atoms with van der Waals surface area (Å²) in [7, 11) is -5.70. The van der Waals surface area contributed by atoms with Crippen LogP contribution in [0.3, 0.4) is 0 Å². The molecule has 1 unspecified atom stereocenters. The molecule has 0 amide bonds. The van der Waals surface area contributed by atoms with Crippen molar-refractivity contribution in [3.8, 4) is 0 Å². The van der Waals surface area contributed by atoms with Gasteiger partial charge in [-0.15, -0.1) is 0 Å². The highest BCUT2D eigenvalue weighted by molar-refractivity contribution is 7.99. The van der Waals surface area contributed by atoms with Crippen LogP contribution in [0.4, 0.5) is 0 Å². The van der Waals surface area contributed by atoms with Gasteiger partial charge in [0.1, 0.15) is 0 Å². The molecule has 0 radical (unpaired) electrons. The predicted molar refractivity (Wildman–Crippen MR) is 280 cm³/mol. The molecule has 0 aromatic rings. The second-order valence-electron chi connectivity index (χ2n) is 16.6. The Morgan fingerprint density at radius 2 is 0.812 bits per heavy atom. The minimum absolute atomic E-state index is 0.296. The largest absolute Gasteiger partial charge is 0.481 e. The molecule has 0 aliphatic rings. The van der Waals surface area contributed by atoms with E-state index in [1.54, 1.807) is 0 Å². The van der Waals surface area contributed by atoms with E-state index in [9.17, 15) is 18.7 Å². The molecular weight excluding hydrogens is 887 g/mol. The molecule has 0 aromatic carbocycles. The van der Waals surface area contributed by atoms with Crippen LogP contribution in [0, 0.1) is 0 Å². The van der Waals surface area contributed by atoms with E-state index in [1.807, 2.05) is 39.5 Å². The summed E-state index contributed by atoms with van der Waals surface area (Å²) in [5, 5.41) is 17.9. The van der Waals surface area contributed by atoms with Crippen LogP contribution in [0.15, 0.2) is 12.2 Å². The highest BCUT2D eigenvalue weighted by atomic mass is 32.2. The third-order valence-electron chi connectivity index (χ3n) is 10.5. The lowest BCUT2D eigenvalue weighted by Crippen LogP contribution is -2.06. The summed E-state index contributed by atoms with van der Waals surface area (Å²) in [5.74, 6) is 0.366. The van der Waals surface area contributed by atoms with E-state index in [-0.39, 0.29) is 0 Å². The smallest absolute Gasteiger partial charge is 0.330 e. The van der Waals surface area contributed by atoms with Crippen LogP contribution in [0.5, 0.6) is 0 Å². The second kappa shape index (κ2) is 53.6. The van der Waals surface area contributed by atoms with E-state index in [0.717, 1.165) is 50.7 Å². The fourth-order valence-corrected chi connectivity index (χ4v) is 12.3. The first-order valence-corrected chi connectivity index (χ1v) is 31.1. The van der Waals surface area contributed by atoms with Gasteiger partial charge in [0.15, 0.2) is 0 Å². The molecule has 0 fully saturated rings. The van der Waals surface area contributed by atoms with Crippen molar-refractivity contribution in [3.63, 3.8) is 0 Å². The maximum atomic E-state index is 12.6. The van der Waals surface area contributed by atoms with Crippen molar-refractivity contribution in [2.75, 3.05) is 50.3 Å². The number of carbonyl (C=O) groups is 2. The Balaban J connectivity index is -0.000000983. The average molecular weight is 989 g/mol. The van der Waals surface area contributed by atoms with Gasteiger partial charge in [-0.1, -0.05) is 148 Å². The lowest BCUT2D eigenvalue weighted by Gasteiger charge is -2.19. The maximum Gasteiger partial charge on any atom is 0.330 e. The summed E-state index contributed by atoms with van der Waals surface area (Å²) < 4.78 is 45.3. The van der Waals surface area contributed by atoms with Crippen LogP contribution in [0.25, 0.3) is 0 Å².